The summed E-state index contributed by atoms with van der Waals surface area (Å²) in [4.78, 5) is 34.8. The van der Waals surface area contributed by atoms with Gasteiger partial charge in [0.15, 0.2) is 16.4 Å². The van der Waals surface area contributed by atoms with E-state index in [9.17, 15) is 28.1 Å². The number of rotatable bonds is 8. The average Bonchev–Trinajstić information content (AvgIpc) is 3.34. The molecule has 1 aromatic carbocycles. The van der Waals surface area contributed by atoms with E-state index in [1.165, 1.54) is 0 Å². The van der Waals surface area contributed by atoms with Crippen molar-refractivity contribution in [3.63, 3.8) is 0 Å². The maximum absolute atomic E-state index is 12.7. The molecule has 1 fully saturated rings. The number of nitro groups is 1. The Balaban J connectivity index is 1.72. The topological polar surface area (TPSA) is 135 Å². The molecule has 0 spiro atoms. The van der Waals surface area contributed by atoms with Crippen LogP contribution in [0.15, 0.2) is 29.2 Å². The van der Waals surface area contributed by atoms with Crippen molar-refractivity contribution >= 4 is 27.3 Å². The van der Waals surface area contributed by atoms with Crippen molar-refractivity contribution in [2.24, 2.45) is 0 Å². The fourth-order valence-electron chi connectivity index (χ4n) is 3.75. The standard InChI is InChI=1S/C21H24N2O8S/c1-13-9-17(14(2)22(13)11-16-5-4-8-30-16)19(24)12-31-21(25)15-6-7-20(32(3,28)29)18(10-15)23(26)27/h6-7,9-10,16H,4-5,8,11-12H2,1-3H3/t16-/m1/s1. The molecule has 0 amide bonds. The molecule has 0 unspecified atom stereocenters. The van der Waals surface area contributed by atoms with Gasteiger partial charge in [0, 0.05) is 42.4 Å². The van der Waals surface area contributed by atoms with Crippen LogP contribution in [-0.4, -0.2) is 55.2 Å². The highest BCUT2D eigenvalue weighted by Crippen LogP contribution is 2.25. The first-order valence-corrected chi connectivity index (χ1v) is 11.9. The maximum Gasteiger partial charge on any atom is 0.338 e. The minimum Gasteiger partial charge on any atom is -0.454 e. The lowest BCUT2D eigenvalue weighted by Gasteiger charge is -2.14. The smallest absolute Gasteiger partial charge is 0.338 e. The minimum absolute atomic E-state index is 0.103. The number of hydrogen-bond acceptors (Lipinski definition) is 8. The quantitative estimate of drug-likeness (QED) is 0.252. The fourth-order valence-corrected chi connectivity index (χ4v) is 4.58. The second-order valence-electron chi connectivity index (χ2n) is 7.74. The third-order valence-electron chi connectivity index (χ3n) is 5.41. The van der Waals surface area contributed by atoms with E-state index >= 15 is 0 Å². The number of nitro benzene ring substituents is 1. The van der Waals surface area contributed by atoms with Gasteiger partial charge in [-0.3, -0.25) is 14.9 Å². The summed E-state index contributed by atoms with van der Waals surface area (Å²) in [7, 11) is -3.86. The Kier molecular flexibility index (Phi) is 6.79. The summed E-state index contributed by atoms with van der Waals surface area (Å²) < 4.78 is 36.1. The number of Topliss-reactive ketones (excluding diaryl/α,β-unsaturated/α-hetero) is 1. The predicted molar refractivity (Wildman–Crippen MR) is 114 cm³/mol. The Bertz CT molecular complexity index is 1180. The molecule has 0 aliphatic carbocycles. The summed E-state index contributed by atoms with van der Waals surface area (Å²) in [5.41, 5.74) is 1.10. The van der Waals surface area contributed by atoms with Crippen molar-refractivity contribution in [3.8, 4) is 0 Å². The molecule has 1 aliphatic rings. The highest BCUT2D eigenvalue weighted by molar-refractivity contribution is 7.90. The van der Waals surface area contributed by atoms with Crippen LogP contribution in [0.3, 0.4) is 0 Å². The normalized spacial score (nSPS) is 16.2. The fraction of sp³-hybridized carbons (Fsp3) is 0.429. The number of ketones is 1. The Hall–Kier alpha value is -3.05. The molecule has 10 nitrogen and oxygen atoms in total. The molecule has 2 aromatic rings. The molecular formula is C21H24N2O8S. The zero-order valence-electron chi connectivity index (χ0n) is 18.0. The number of benzene rings is 1. The molecule has 2 heterocycles. The highest BCUT2D eigenvalue weighted by atomic mass is 32.2. The van der Waals surface area contributed by atoms with Gasteiger partial charge < -0.3 is 14.0 Å². The molecule has 0 bridgehead atoms. The van der Waals surface area contributed by atoms with Gasteiger partial charge in [0.05, 0.1) is 16.6 Å². The number of sulfone groups is 1. The van der Waals surface area contributed by atoms with E-state index in [-0.39, 0.29) is 11.7 Å². The molecule has 0 saturated carbocycles. The first-order valence-electron chi connectivity index (χ1n) is 9.96. The largest absolute Gasteiger partial charge is 0.454 e. The van der Waals surface area contributed by atoms with Crippen LogP contribution in [0.4, 0.5) is 5.69 Å². The van der Waals surface area contributed by atoms with E-state index in [2.05, 4.69) is 0 Å². The number of esters is 1. The van der Waals surface area contributed by atoms with Crippen LogP contribution in [0.25, 0.3) is 0 Å². The Morgan fingerprint density at radius 3 is 2.59 bits per heavy atom. The van der Waals surface area contributed by atoms with Gasteiger partial charge >= 0.3 is 5.97 Å². The summed E-state index contributed by atoms with van der Waals surface area (Å²) in [6.07, 6.45) is 2.91. The maximum atomic E-state index is 12.7. The van der Waals surface area contributed by atoms with Gasteiger partial charge in [-0.1, -0.05) is 0 Å². The zero-order chi connectivity index (χ0) is 23.6. The van der Waals surface area contributed by atoms with Crippen molar-refractivity contribution in [2.45, 2.75) is 44.2 Å². The molecule has 172 valence electrons. The number of carbonyl (C=O) groups excluding carboxylic acids is 2. The van der Waals surface area contributed by atoms with Gasteiger partial charge in [-0.05, 0) is 44.9 Å². The predicted octanol–water partition coefficient (Wildman–Crippen LogP) is 2.64. The van der Waals surface area contributed by atoms with Crippen LogP contribution < -0.4 is 0 Å². The SMILES string of the molecule is Cc1cc(C(=O)COC(=O)c2ccc(S(C)(=O)=O)c([N+](=O)[O-])c2)c(C)n1C[C@H]1CCCO1. The van der Waals surface area contributed by atoms with Crippen LogP contribution in [0.1, 0.15) is 44.9 Å². The van der Waals surface area contributed by atoms with Crippen LogP contribution >= 0.6 is 0 Å². The molecular weight excluding hydrogens is 440 g/mol. The Morgan fingerprint density at radius 1 is 1.28 bits per heavy atom. The van der Waals surface area contributed by atoms with Crippen LogP contribution in [0, 0.1) is 24.0 Å². The van der Waals surface area contributed by atoms with E-state index in [1.807, 2.05) is 18.4 Å². The molecule has 0 radical (unpaired) electrons. The van der Waals surface area contributed by atoms with Gasteiger partial charge in [0.1, 0.15) is 4.90 Å². The van der Waals surface area contributed by atoms with Gasteiger partial charge in [-0.2, -0.15) is 0 Å². The summed E-state index contributed by atoms with van der Waals surface area (Å²) in [5, 5.41) is 11.2. The van der Waals surface area contributed by atoms with E-state index in [4.69, 9.17) is 9.47 Å². The molecule has 11 heteroatoms. The molecule has 3 rings (SSSR count). The number of aromatic nitrogens is 1. The van der Waals surface area contributed by atoms with Crippen molar-refractivity contribution < 1.29 is 32.4 Å². The number of ether oxygens (including phenoxy) is 2. The van der Waals surface area contributed by atoms with Crippen LogP contribution in [0.2, 0.25) is 0 Å². The van der Waals surface area contributed by atoms with E-state index in [0.717, 1.165) is 55.3 Å². The summed E-state index contributed by atoms with van der Waals surface area (Å²) in [6.45, 7) is 4.51. The second kappa shape index (κ2) is 9.21. The zero-order valence-corrected chi connectivity index (χ0v) is 18.8. The Labute approximate surface area is 185 Å². The second-order valence-corrected chi connectivity index (χ2v) is 9.73. The highest BCUT2D eigenvalue weighted by Gasteiger charge is 2.25. The van der Waals surface area contributed by atoms with Gasteiger partial charge in [0.2, 0.25) is 5.78 Å². The third kappa shape index (κ3) is 5.05. The molecule has 0 N–H and O–H groups in total. The monoisotopic (exact) mass is 464 g/mol. The summed E-state index contributed by atoms with van der Waals surface area (Å²) >= 11 is 0. The number of aryl methyl sites for hydroxylation is 1. The van der Waals surface area contributed by atoms with E-state index < -0.39 is 43.7 Å². The van der Waals surface area contributed by atoms with Gasteiger partial charge in [0.25, 0.3) is 5.69 Å². The summed E-state index contributed by atoms with van der Waals surface area (Å²) in [6, 6.07) is 4.65. The minimum atomic E-state index is -3.86. The van der Waals surface area contributed by atoms with E-state index in [1.54, 1.807) is 6.07 Å². The Morgan fingerprint density at radius 2 is 2.00 bits per heavy atom. The lowest BCUT2D eigenvalue weighted by atomic mass is 10.1. The van der Waals surface area contributed by atoms with Crippen LogP contribution in [-0.2, 0) is 25.9 Å². The molecule has 1 saturated heterocycles. The van der Waals surface area contributed by atoms with Crippen molar-refractivity contribution in [3.05, 3.63) is 56.9 Å². The molecule has 1 aromatic heterocycles. The average molecular weight is 464 g/mol. The molecule has 32 heavy (non-hydrogen) atoms. The lowest BCUT2D eigenvalue weighted by molar-refractivity contribution is -0.387. The first kappa shape index (κ1) is 23.6. The summed E-state index contributed by atoms with van der Waals surface area (Å²) in [5.74, 6) is -1.37. The van der Waals surface area contributed by atoms with Gasteiger partial charge in [-0.25, -0.2) is 13.2 Å². The van der Waals surface area contributed by atoms with Crippen molar-refractivity contribution in [1.29, 1.82) is 0 Å². The molecule has 1 atom stereocenters. The van der Waals surface area contributed by atoms with Crippen molar-refractivity contribution in [1.82, 2.24) is 4.57 Å². The number of nitrogens with zero attached hydrogens (tertiary/aromatic N) is 2. The lowest BCUT2D eigenvalue weighted by Crippen LogP contribution is -2.18. The third-order valence-corrected chi connectivity index (χ3v) is 6.55. The molecule has 1 aliphatic heterocycles. The number of hydrogen-bond donors (Lipinski definition) is 0. The van der Waals surface area contributed by atoms with Crippen molar-refractivity contribution in [2.75, 3.05) is 19.5 Å². The van der Waals surface area contributed by atoms with Crippen LogP contribution in [0.5, 0.6) is 0 Å². The first-order chi connectivity index (χ1) is 15.0. The number of carbonyl (C=O) groups is 2. The van der Waals surface area contributed by atoms with Gasteiger partial charge in [-0.15, -0.1) is 0 Å². The van der Waals surface area contributed by atoms with E-state index in [0.29, 0.717) is 12.1 Å².